The van der Waals surface area contributed by atoms with E-state index in [4.69, 9.17) is 0 Å². The van der Waals surface area contributed by atoms with Gasteiger partial charge in [-0.05, 0) is 97.8 Å². The summed E-state index contributed by atoms with van der Waals surface area (Å²) in [5, 5.41) is 0. The molecule has 1 aromatic rings. The second kappa shape index (κ2) is 4.36. The molecule has 2 fully saturated rings. The van der Waals surface area contributed by atoms with Crippen LogP contribution in [0.25, 0.3) is 0 Å². The van der Waals surface area contributed by atoms with E-state index in [1.54, 1.807) is 16.7 Å². The number of aryl methyl sites for hydroxylation is 2. The minimum atomic E-state index is 0.691. The molecule has 3 aliphatic carbocycles. The van der Waals surface area contributed by atoms with Crippen LogP contribution in [0.15, 0.2) is 12.1 Å². The SMILES string of the molecule is Cc1ccc2c(c1C)[C@H]1CC[C@]3(C)CCC[C@H]3[C@@H]1CC2. The first-order chi connectivity index (χ1) is 9.60. The number of rotatable bonds is 0. The maximum Gasteiger partial charge on any atom is -0.0125 e. The zero-order chi connectivity index (χ0) is 13.9. The summed E-state index contributed by atoms with van der Waals surface area (Å²) >= 11 is 0. The highest BCUT2D eigenvalue weighted by Gasteiger charge is 2.50. The molecule has 0 spiro atoms. The van der Waals surface area contributed by atoms with Crippen LogP contribution in [-0.2, 0) is 6.42 Å². The molecule has 2 saturated carbocycles. The molecule has 0 unspecified atom stereocenters. The summed E-state index contributed by atoms with van der Waals surface area (Å²) in [5.41, 5.74) is 7.25. The lowest BCUT2D eigenvalue weighted by atomic mass is 9.55. The summed E-state index contributed by atoms with van der Waals surface area (Å²) in [7, 11) is 0. The zero-order valence-electron chi connectivity index (χ0n) is 13.3. The highest BCUT2D eigenvalue weighted by molar-refractivity contribution is 5.44. The molecule has 0 heterocycles. The minimum absolute atomic E-state index is 0.691. The van der Waals surface area contributed by atoms with Crippen LogP contribution >= 0.6 is 0 Å². The largest absolute Gasteiger partial charge is 0.0594 e. The van der Waals surface area contributed by atoms with Gasteiger partial charge in [0.2, 0.25) is 0 Å². The Bertz CT molecular complexity index is 541. The third-order valence-electron chi connectivity index (χ3n) is 7.21. The van der Waals surface area contributed by atoms with E-state index < -0.39 is 0 Å². The Hall–Kier alpha value is -0.780. The van der Waals surface area contributed by atoms with Crippen molar-refractivity contribution in [2.24, 2.45) is 17.3 Å². The smallest absolute Gasteiger partial charge is 0.0125 e. The lowest BCUT2D eigenvalue weighted by Gasteiger charge is -2.49. The van der Waals surface area contributed by atoms with Crippen LogP contribution in [0.1, 0.15) is 73.6 Å². The summed E-state index contributed by atoms with van der Waals surface area (Å²) in [4.78, 5) is 0. The first-order valence-electron chi connectivity index (χ1n) is 8.69. The molecule has 0 nitrogen and oxygen atoms in total. The van der Waals surface area contributed by atoms with Crippen molar-refractivity contribution in [3.05, 3.63) is 34.4 Å². The van der Waals surface area contributed by atoms with Crippen LogP contribution in [0.2, 0.25) is 0 Å². The van der Waals surface area contributed by atoms with Crippen LogP contribution in [0, 0.1) is 31.1 Å². The van der Waals surface area contributed by atoms with E-state index in [9.17, 15) is 0 Å². The molecule has 0 N–H and O–H groups in total. The van der Waals surface area contributed by atoms with Crippen molar-refractivity contribution < 1.29 is 0 Å². The zero-order valence-corrected chi connectivity index (χ0v) is 13.3. The van der Waals surface area contributed by atoms with Crippen molar-refractivity contribution in [2.45, 2.75) is 71.6 Å². The number of fused-ring (bicyclic) bond motifs is 5. The van der Waals surface area contributed by atoms with Crippen molar-refractivity contribution in [3.63, 3.8) is 0 Å². The molecule has 0 aromatic heterocycles. The molecule has 1 aromatic carbocycles. The van der Waals surface area contributed by atoms with Crippen LogP contribution in [0.5, 0.6) is 0 Å². The molecule has 0 radical (unpaired) electrons. The Labute approximate surface area is 124 Å². The minimum Gasteiger partial charge on any atom is -0.0594 e. The summed E-state index contributed by atoms with van der Waals surface area (Å²) in [6, 6.07) is 4.77. The standard InChI is InChI=1S/C20H28/c1-13-6-7-15-8-9-16-17(19(15)14(13)2)10-12-20(3)11-4-5-18(16)20/h6-7,16-18H,4-5,8-12H2,1-3H3/t16-,17+,18+,20+/m1/s1. The summed E-state index contributed by atoms with van der Waals surface area (Å²) in [6.07, 6.45) is 10.2. The van der Waals surface area contributed by atoms with Gasteiger partial charge in [0.15, 0.2) is 0 Å². The van der Waals surface area contributed by atoms with Crippen molar-refractivity contribution in [1.82, 2.24) is 0 Å². The molecule has 108 valence electrons. The highest BCUT2D eigenvalue weighted by atomic mass is 14.5. The van der Waals surface area contributed by atoms with Crippen molar-refractivity contribution >= 4 is 0 Å². The van der Waals surface area contributed by atoms with Crippen molar-refractivity contribution in [2.75, 3.05) is 0 Å². The molecule has 0 amide bonds. The van der Waals surface area contributed by atoms with Gasteiger partial charge in [-0.25, -0.2) is 0 Å². The highest BCUT2D eigenvalue weighted by Crippen LogP contribution is 2.61. The quantitative estimate of drug-likeness (QED) is 0.578. The lowest BCUT2D eigenvalue weighted by Crippen LogP contribution is -2.39. The van der Waals surface area contributed by atoms with E-state index in [2.05, 4.69) is 32.9 Å². The second-order valence-electron chi connectivity index (χ2n) is 8.08. The Morgan fingerprint density at radius 3 is 2.75 bits per heavy atom. The number of hydrogen-bond donors (Lipinski definition) is 0. The maximum absolute atomic E-state index is 2.60. The molecular formula is C20H28. The predicted octanol–water partition coefficient (Wildman–Crippen LogP) is 5.55. The second-order valence-corrected chi connectivity index (χ2v) is 8.08. The van der Waals surface area contributed by atoms with Crippen LogP contribution in [0.3, 0.4) is 0 Å². The van der Waals surface area contributed by atoms with Gasteiger partial charge in [-0.15, -0.1) is 0 Å². The fourth-order valence-electron chi connectivity index (χ4n) is 5.99. The fraction of sp³-hybridized carbons (Fsp3) is 0.700. The third-order valence-corrected chi connectivity index (χ3v) is 7.21. The van der Waals surface area contributed by atoms with E-state index in [-0.39, 0.29) is 0 Å². The third kappa shape index (κ3) is 1.66. The monoisotopic (exact) mass is 268 g/mol. The van der Waals surface area contributed by atoms with Crippen LogP contribution in [-0.4, -0.2) is 0 Å². The van der Waals surface area contributed by atoms with Crippen molar-refractivity contribution in [3.8, 4) is 0 Å². The summed E-state index contributed by atoms with van der Waals surface area (Å²) in [6.45, 7) is 7.26. The molecule has 3 aliphatic rings. The molecule has 4 atom stereocenters. The Morgan fingerprint density at radius 1 is 1.05 bits per heavy atom. The summed E-state index contributed by atoms with van der Waals surface area (Å²) < 4.78 is 0. The first kappa shape index (κ1) is 12.9. The van der Waals surface area contributed by atoms with Gasteiger partial charge in [-0.1, -0.05) is 25.5 Å². The predicted molar refractivity (Wildman–Crippen MR) is 85.2 cm³/mol. The average molecular weight is 268 g/mol. The van der Waals surface area contributed by atoms with Gasteiger partial charge >= 0.3 is 0 Å². The van der Waals surface area contributed by atoms with Gasteiger partial charge in [-0.2, -0.15) is 0 Å². The molecular weight excluding hydrogens is 240 g/mol. The van der Waals surface area contributed by atoms with Crippen molar-refractivity contribution in [1.29, 1.82) is 0 Å². The Morgan fingerprint density at radius 2 is 1.90 bits per heavy atom. The maximum atomic E-state index is 2.60. The van der Waals surface area contributed by atoms with E-state index in [0.717, 1.165) is 17.8 Å². The summed E-state index contributed by atoms with van der Waals surface area (Å²) in [5.74, 6) is 2.90. The lowest BCUT2D eigenvalue weighted by molar-refractivity contribution is 0.0596. The van der Waals surface area contributed by atoms with Gasteiger partial charge in [0, 0.05) is 0 Å². The van der Waals surface area contributed by atoms with Gasteiger partial charge < -0.3 is 0 Å². The van der Waals surface area contributed by atoms with Gasteiger partial charge in [-0.3, -0.25) is 0 Å². The van der Waals surface area contributed by atoms with E-state index in [0.29, 0.717) is 5.41 Å². The van der Waals surface area contributed by atoms with E-state index >= 15 is 0 Å². The van der Waals surface area contributed by atoms with E-state index in [1.165, 1.54) is 50.5 Å². The van der Waals surface area contributed by atoms with Gasteiger partial charge in [0.25, 0.3) is 0 Å². The number of benzene rings is 1. The normalized spacial score (nSPS) is 39.0. The number of hydrogen-bond acceptors (Lipinski definition) is 0. The average Bonchev–Trinajstić information content (AvgIpc) is 2.84. The van der Waals surface area contributed by atoms with Gasteiger partial charge in [0.1, 0.15) is 0 Å². The Balaban J connectivity index is 1.78. The van der Waals surface area contributed by atoms with Crippen LogP contribution < -0.4 is 0 Å². The topological polar surface area (TPSA) is 0 Å². The van der Waals surface area contributed by atoms with E-state index in [1.807, 2.05) is 0 Å². The molecule has 0 heteroatoms. The van der Waals surface area contributed by atoms with Crippen LogP contribution in [0.4, 0.5) is 0 Å². The molecule has 0 aliphatic heterocycles. The molecule has 20 heavy (non-hydrogen) atoms. The first-order valence-corrected chi connectivity index (χ1v) is 8.69. The van der Waals surface area contributed by atoms with Gasteiger partial charge in [0.05, 0.1) is 0 Å². The Kier molecular flexibility index (Phi) is 2.81. The molecule has 4 rings (SSSR count). The fourth-order valence-corrected chi connectivity index (χ4v) is 5.99. The molecule has 0 saturated heterocycles. The molecule has 0 bridgehead atoms.